The molecular weight excluding hydrogens is 250 g/mol. The molecule has 1 saturated heterocycles. The summed E-state index contributed by atoms with van der Waals surface area (Å²) in [6, 6.07) is 0. The van der Waals surface area contributed by atoms with Crippen molar-refractivity contribution in [3.8, 4) is 0 Å². The molecule has 0 unspecified atom stereocenters. The molecule has 8 heteroatoms. The van der Waals surface area contributed by atoms with Gasteiger partial charge in [0.25, 0.3) is 0 Å². The third-order valence-corrected chi connectivity index (χ3v) is 3.56. The Kier molecular flexibility index (Phi) is 2.85. The fraction of sp³-hybridized carbons (Fsp3) is 0.545. The first-order chi connectivity index (χ1) is 9.19. The number of hydrogen-bond donors (Lipinski definition) is 3. The zero-order chi connectivity index (χ0) is 13.5. The van der Waals surface area contributed by atoms with Gasteiger partial charge in [-0.2, -0.15) is 0 Å². The van der Waals surface area contributed by atoms with E-state index >= 15 is 0 Å². The summed E-state index contributed by atoms with van der Waals surface area (Å²) in [4.78, 5) is 12.2. The third-order valence-electron chi connectivity index (χ3n) is 3.56. The summed E-state index contributed by atoms with van der Waals surface area (Å²) < 4.78 is 7.40. The van der Waals surface area contributed by atoms with Crippen LogP contribution in [0.4, 0.5) is 5.82 Å². The Bertz CT molecular complexity index is 595. The highest BCUT2D eigenvalue weighted by Gasteiger charge is 2.40. The number of aliphatic hydroxyl groups excluding tert-OH is 2. The van der Waals surface area contributed by atoms with E-state index in [0.717, 1.165) is 0 Å². The van der Waals surface area contributed by atoms with Gasteiger partial charge < -0.3 is 20.7 Å². The summed E-state index contributed by atoms with van der Waals surface area (Å²) in [5, 5.41) is 18.8. The van der Waals surface area contributed by atoms with E-state index in [1.54, 1.807) is 10.9 Å². The summed E-state index contributed by atoms with van der Waals surface area (Å²) >= 11 is 0. The number of fused-ring (bicyclic) bond motifs is 1. The van der Waals surface area contributed by atoms with Crippen LogP contribution in [0.15, 0.2) is 12.7 Å². The molecule has 102 valence electrons. The first-order valence-corrected chi connectivity index (χ1v) is 5.95. The minimum atomic E-state index is -0.611. The number of imidazole rings is 1. The number of aromatic nitrogens is 4. The van der Waals surface area contributed by atoms with Crippen LogP contribution in [0.25, 0.3) is 11.2 Å². The van der Waals surface area contributed by atoms with Crippen LogP contribution >= 0.6 is 0 Å². The lowest BCUT2D eigenvalue weighted by Gasteiger charge is -2.21. The third kappa shape index (κ3) is 1.84. The van der Waals surface area contributed by atoms with Gasteiger partial charge >= 0.3 is 0 Å². The number of anilines is 1. The van der Waals surface area contributed by atoms with E-state index in [1.807, 2.05) is 0 Å². The van der Waals surface area contributed by atoms with Crippen molar-refractivity contribution in [2.24, 2.45) is 5.41 Å². The normalized spacial score (nSPS) is 22.1. The van der Waals surface area contributed by atoms with Gasteiger partial charge in [-0.05, 0) is 0 Å². The maximum Gasteiger partial charge on any atom is 0.167 e. The fourth-order valence-corrected chi connectivity index (χ4v) is 2.29. The molecule has 1 fully saturated rings. The average Bonchev–Trinajstić information content (AvgIpc) is 3.03. The lowest BCUT2D eigenvalue weighted by atomic mass is 9.89. The number of nitrogens with zero attached hydrogens (tertiary/aromatic N) is 4. The molecule has 2 aromatic heterocycles. The molecule has 0 radical (unpaired) electrons. The van der Waals surface area contributed by atoms with Gasteiger partial charge in [0.2, 0.25) is 0 Å². The predicted molar refractivity (Wildman–Crippen MR) is 65.9 cm³/mol. The molecule has 1 atom stereocenters. The Morgan fingerprint density at radius 2 is 2.16 bits per heavy atom. The molecule has 8 nitrogen and oxygen atoms in total. The number of hydrogen-bond acceptors (Lipinski definition) is 7. The van der Waals surface area contributed by atoms with E-state index < -0.39 is 5.41 Å². The van der Waals surface area contributed by atoms with Gasteiger partial charge in [0, 0.05) is 11.8 Å². The lowest BCUT2D eigenvalue weighted by Crippen LogP contribution is -2.30. The number of rotatable bonds is 3. The van der Waals surface area contributed by atoms with Crippen LogP contribution < -0.4 is 5.73 Å². The second-order valence-corrected chi connectivity index (χ2v) is 4.87. The van der Waals surface area contributed by atoms with E-state index in [4.69, 9.17) is 10.5 Å². The summed E-state index contributed by atoms with van der Waals surface area (Å²) in [5.41, 5.74) is 6.23. The average molecular weight is 265 g/mol. The predicted octanol–water partition coefficient (Wildman–Crippen LogP) is -0.702. The standard InChI is InChI=1S/C11H15N5O3/c12-9-8-10(14-5-13-9)16(6-15-8)7-1-11(2-17,3-18)4-19-7/h5-7,17-18H,1-4H2,(H2,12,13,14)/t7-/m0/s1. The van der Waals surface area contributed by atoms with E-state index in [1.165, 1.54) is 6.33 Å². The molecule has 0 bridgehead atoms. The molecule has 0 aliphatic carbocycles. The van der Waals surface area contributed by atoms with Gasteiger partial charge in [-0.25, -0.2) is 15.0 Å². The highest BCUT2D eigenvalue weighted by Crippen LogP contribution is 2.38. The molecule has 1 aliphatic heterocycles. The summed E-state index contributed by atoms with van der Waals surface area (Å²) in [6.07, 6.45) is 3.13. The van der Waals surface area contributed by atoms with Gasteiger partial charge in [-0.15, -0.1) is 0 Å². The van der Waals surface area contributed by atoms with E-state index in [-0.39, 0.29) is 19.4 Å². The Hall–Kier alpha value is -1.77. The van der Waals surface area contributed by atoms with E-state index in [0.29, 0.717) is 30.0 Å². The van der Waals surface area contributed by atoms with Crippen molar-refractivity contribution in [1.82, 2.24) is 19.5 Å². The Labute approximate surface area is 108 Å². The molecule has 3 heterocycles. The minimum Gasteiger partial charge on any atom is -0.396 e. The van der Waals surface area contributed by atoms with Gasteiger partial charge in [-0.1, -0.05) is 0 Å². The summed E-state index contributed by atoms with van der Waals surface area (Å²) in [7, 11) is 0. The molecule has 3 rings (SSSR count). The van der Waals surface area contributed by atoms with Crippen LogP contribution in [0.3, 0.4) is 0 Å². The Morgan fingerprint density at radius 1 is 1.37 bits per heavy atom. The molecule has 0 spiro atoms. The minimum absolute atomic E-state index is 0.121. The summed E-state index contributed by atoms with van der Waals surface area (Å²) in [6.45, 7) is 0.0540. The van der Waals surface area contributed by atoms with Crippen LogP contribution in [0.1, 0.15) is 12.6 Å². The topological polar surface area (TPSA) is 119 Å². The number of aliphatic hydroxyl groups is 2. The van der Waals surface area contributed by atoms with Crippen molar-refractivity contribution < 1.29 is 14.9 Å². The van der Waals surface area contributed by atoms with Crippen LogP contribution in [-0.4, -0.2) is 49.6 Å². The maximum atomic E-state index is 9.38. The van der Waals surface area contributed by atoms with Gasteiger partial charge in [-0.3, -0.25) is 4.57 Å². The van der Waals surface area contributed by atoms with Crippen LogP contribution in [0, 0.1) is 5.41 Å². The Balaban J connectivity index is 1.96. The number of nitrogen functional groups attached to an aromatic ring is 1. The molecule has 0 amide bonds. The lowest BCUT2D eigenvalue weighted by molar-refractivity contribution is 0.0243. The zero-order valence-electron chi connectivity index (χ0n) is 10.2. The van der Waals surface area contributed by atoms with Crippen molar-refractivity contribution in [3.63, 3.8) is 0 Å². The molecular formula is C11H15N5O3. The molecule has 0 saturated carbocycles. The molecule has 4 N–H and O–H groups in total. The van der Waals surface area contributed by atoms with Gasteiger partial charge in [0.05, 0.1) is 26.1 Å². The second-order valence-electron chi connectivity index (χ2n) is 4.87. The van der Waals surface area contributed by atoms with Crippen LogP contribution in [-0.2, 0) is 4.74 Å². The second kappa shape index (κ2) is 4.41. The monoisotopic (exact) mass is 265 g/mol. The van der Waals surface area contributed by atoms with Crippen molar-refractivity contribution in [3.05, 3.63) is 12.7 Å². The number of ether oxygens (including phenoxy) is 1. The molecule has 19 heavy (non-hydrogen) atoms. The molecule has 1 aliphatic rings. The first-order valence-electron chi connectivity index (χ1n) is 5.95. The van der Waals surface area contributed by atoms with E-state index in [9.17, 15) is 10.2 Å². The smallest absolute Gasteiger partial charge is 0.167 e. The van der Waals surface area contributed by atoms with Crippen molar-refractivity contribution in [2.75, 3.05) is 25.6 Å². The quantitative estimate of drug-likeness (QED) is 0.671. The van der Waals surface area contributed by atoms with Crippen molar-refractivity contribution in [1.29, 1.82) is 0 Å². The zero-order valence-corrected chi connectivity index (χ0v) is 10.2. The van der Waals surface area contributed by atoms with E-state index in [2.05, 4.69) is 15.0 Å². The highest BCUT2D eigenvalue weighted by molar-refractivity contribution is 5.81. The Morgan fingerprint density at radius 3 is 2.84 bits per heavy atom. The fourth-order valence-electron chi connectivity index (χ4n) is 2.29. The van der Waals surface area contributed by atoms with Crippen molar-refractivity contribution in [2.45, 2.75) is 12.6 Å². The largest absolute Gasteiger partial charge is 0.396 e. The number of nitrogens with two attached hydrogens (primary N) is 1. The van der Waals surface area contributed by atoms with Crippen LogP contribution in [0.2, 0.25) is 0 Å². The van der Waals surface area contributed by atoms with Gasteiger partial charge in [0.15, 0.2) is 11.5 Å². The SMILES string of the molecule is Nc1ncnc2c1ncn2[C@@H]1CC(CO)(CO)CO1. The highest BCUT2D eigenvalue weighted by atomic mass is 16.5. The molecule has 0 aromatic carbocycles. The summed E-state index contributed by atoms with van der Waals surface area (Å²) in [5.74, 6) is 0.317. The molecule has 2 aromatic rings. The van der Waals surface area contributed by atoms with Crippen LogP contribution in [0.5, 0.6) is 0 Å². The first kappa shape index (κ1) is 12.3. The van der Waals surface area contributed by atoms with Crippen molar-refractivity contribution >= 4 is 17.0 Å². The maximum absolute atomic E-state index is 9.38. The van der Waals surface area contributed by atoms with Gasteiger partial charge in [0.1, 0.15) is 18.1 Å².